The zero-order valence-electron chi connectivity index (χ0n) is 9.41. The van der Waals surface area contributed by atoms with Crippen molar-refractivity contribution in [3.8, 4) is 5.75 Å². The van der Waals surface area contributed by atoms with Crippen LogP contribution < -0.4 is 10.1 Å². The Kier molecular flexibility index (Phi) is 2.66. The van der Waals surface area contributed by atoms with Crippen molar-refractivity contribution in [3.63, 3.8) is 0 Å². The zero-order valence-corrected chi connectivity index (χ0v) is 9.41. The third-order valence-corrected chi connectivity index (χ3v) is 3.36. The molecule has 1 aromatic rings. The van der Waals surface area contributed by atoms with Gasteiger partial charge in [-0.3, -0.25) is 0 Å². The molecular weight excluding hydrogens is 198 g/mol. The highest BCUT2D eigenvalue weighted by molar-refractivity contribution is 5.39. The number of benzene rings is 1. The lowest BCUT2D eigenvalue weighted by Gasteiger charge is -2.12. The van der Waals surface area contributed by atoms with E-state index in [0.29, 0.717) is 6.04 Å². The van der Waals surface area contributed by atoms with Gasteiger partial charge in [0, 0.05) is 19.0 Å². The van der Waals surface area contributed by atoms with Gasteiger partial charge in [-0.2, -0.15) is 0 Å². The van der Waals surface area contributed by atoms with Crippen molar-refractivity contribution in [3.05, 3.63) is 41.5 Å². The van der Waals surface area contributed by atoms with E-state index < -0.39 is 0 Å². The largest absolute Gasteiger partial charge is 0.493 e. The van der Waals surface area contributed by atoms with Gasteiger partial charge in [0.2, 0.25) is 0 Å². The molecule has 0 radical (unpaired) electrons. The molecule has 0 saturated carbocycles. The summed E-state index contributed by atoms with van der Waals surface area (Å²) in [6, 6.07) is 7.19. The van der Waals surface area contributed by atoms with Crippen LogP contribution in [0.2, 0.25) is 0 Å². The molecule has 0 fully saturated rings. The molecule has 0 bridgehead atoms. The molecule has 1 aliphatic heterocycles. The van der Waals surface area contributed by atoms with E-state index in [4.69, 9.17) is 4.74 Å². The van der Waals surface area contributed by atoms with Gasteiger partial charge in [0.25, 0.3) is 0 Å². The van der Waals surface area contributed by atoms with Crippen molar-refractivity contribution in [1.82, 2.24) is 5.32 Å². The van der Waals surface area contributed by atoms with Gasteiger partial charge in [0.15, 0.2) is 0 Å². The molecule has 0 amide bonds. The highest BCUT2D eigenvalue weighted by atomic mass is 16.5. The summed E-state index contributed by atoms with van der Waals surface area (Å²) in [6.45, 7) is 1.82. The Morgan fingerprint density at radius 1 is 1.25 bits per heavy atom. The summed E-state index contributed by atoms with van der Waals surface area (Å²) >= 11 is 0. The average molecular weight is 215 g/mol. The van der Waals surface area contributed by atoms with Crippen LogP contribution in [-0.4, -0.2) is 12.6 Å². The highest BCUT2D eigenvalue weighted by Crippen LogP contribution is 2.25. The highest BCUT2D eigenvalue weighted by Gasteiger charge is 2.13. The first kappa shape index (κ1) is 9.91. The number of nitrogens with one attached hydrogen (secondary N) is 1. The molecule has 3 rings (SSSR count). The van der Waals surface area contributed by atoms with Crippen LogP contribution in [-0.2, 0) is 13.0 Å². The summed E-state index contributed by atoms with van der Waals surface area (Å²) in [7, 11) is 0. The quantitative estimate of drug-likeness (QED) is 0.782. The fourth-order valence-corrected chi connectivity index (χ4v) is 2.40. The Labute approximate surface area is 96.3 Å². The molecule has 1 N–H and O–H groups in total. The van der Waals surface area contributed by atoms with E-state index >= 15 is 0 Å². The van der Waals surface area contributed by atoms with Crippen molar-refractivity contribution >= 4 is 0 Å². The van der Waals surface area contributed by atoms with Gasteiger partial charge in [-0.15, -0.1) is 0 Å². The predicted octanol–water partition coefficient (Wildman–Crippen LogP) is 2.43. The Balaban J connectivity index is 1.62. The van der Waals surface area contributed by atoms with Crippen LogP contribution >= 0.6 is 0 Å². The molecule has 1 heterocycles. The van der Waals surface area contributed by atoms with Gasteiger partial charge < -0.3 is 10.1 Å². The molecule has 2 heteroatoms. The molecule has 2 nitrogen and oxygen atoms in total. The molecule has 0 saturated heterocycles. The smallest absolute Gasteiger partial charge is 0.122 e. The predicted molar refractivity (Wildman–Crippen MR) is 64.6 cm³/mol. The third-order valence-electron chi connectivity index (χ3n) is 3.36. The van der Waals surface area contributed by atoms with Crippen LogP contribution in [0.4, 0.5) is 0 Å². The SMILES string of the molecule is C1=CCC(NCc2ccc3c(c2)CCO3)C1. The summed E-state index contributed by atoms with van der Waals surface area (Å²) in [5.74, 6) is 1.08. The van der Waals surface area contributed by atoms with Crippen molar-refractivity contribution in [1.29, 1.82) is 0 Å². The zero-order chi connectivity index (χ0) is 10.8. The number of hydrogen-bond acceptors (Lipinski definition) is 2. The van der Waals surface area contributed by atoms with Crippen LogP contribution in [0, 0.1) is 0 Å². The molecule has 0 atom stereocenters. The fourth-order valence-electron chi connectivity index (χ4n) is 2.40. The van der Waals surface area contributed by atoms with Gasteiger partial charge >= 0.3 is 0 Å². The minimum Gasteiger partial charge on any atom is -0.493 e. The standard InChI is InChI=1S/C14H17NO/c1-2-4-13(3-1)15-10-11-5-6-14-12(9-11)7-8-16-14/h1-2,5-6,9,13,15H,3-4,7-8,10H2. The minimum atomic E-state index is 0.643. The lowest BCUT2D eigenvalue weighted by molar-refractivity contribution is 0.357. The Bertz CT molecular complexity index is 403. The molecule has 84 valence electrons. The first-order valence-electron chi connectivity index (χ1n) is 6.05. The maximum atomic E-state index is 5.50. The van der Waals surface area contributed by atoms with Crippen LogP contribution in [0.3, 0.4) is 0 Å². The van der Waals surface area contributed by atoms with Gasteiger partial charge in [0.05, 0.1) is 6.61 Å². The maximum absolute atomic E-state index is 5.50. The third kappa shape index (κ3) is 1.98. The van der Waals surface area contributed by atoms with E-state index in [-0.39, 0.29) is 0 Å². The summed E-state index contributed by atoms with van der Waals surface area (Å²) < 4.78 is 5.50. The Morgan fingerprint density at radius 2 is 2.12 bits per heavy atom. The lowest BCUT2D eigenvalue weighted by atomic mass is 10.1. The fraction of sp³-hybridized carbons (Fsp3) is 0.429. The molecule has 0 aromatic heterocycles. The Hall–Kier alpha value is -1.28. The normalized spacial score (nSPS) is 18.8. The van der Waals surface area contributed by atoms with Gasteiger partial charge in [-0.25, -0.2) is 0 Å². The summed E-state index contributed by atoms with van der Waals surface area (Å²) in [5.41, 5.74) is 2.74. The molecule has 16 heavy (non-hydrogen) atoms. The number of ether oxygens (including phenoxy) is 1. The second-order valence-corrected chi connectivity index (χ2v) is 4.56. The van der Waals surface area contributed by atoms with Gasteiger partial charge in [-0.05, 0) is 30.0 Å². The van der Waals surface area contributed by atoms with E-state index in [2.05, 4.69) is 35.7 Å². The van der Waals surface area contributed by atoms with E-state index in [0.717, 1.165) is 25.3 Å². The van der Waals surface area contributed by atoms with Crippen LogP contribution in [0.5, 0.6) is 5.75 Å². The monoisotopic (exact) mass is 215 g/mol. The van der Waals surface area contributed by atoms with Crippen LogP contribution in [0.15, 0.2) is 30.4 Å². The number of fused-ring (bicyclic) bond motifs is 1. The van der Waals surface area contributed by atoms with Crippen molar-refractivity contribution in [2.75, 3.05) is 6.61 Å². The maximum Gasteiger partial charge on any atom is 0.122 e. The van der Waals surface area contributed by atoms with Crippen LogP contribution in [0.25, 0.3) is 0 Å². The van der Waals surface area contributed by atoms with E-state index in [9.17, 15) is 0 Å². The molecule has 1 aromatic carbocycles. The first-order valence-corrected chi connectivity index (χ1v) is 6.05. The van der Waals surface area contributed by atoms with Crippen LogP contribution in [0.1, 0.15) is 24.0 Å². The van der Waals surface area contributed by atoms with E-state index in [1.165, 1.54) is 24.0 Å². The Morgan fingerprint density at radius 3 is 3.00 bits per heavy atom. The number of hydrogen-bond donors (Lipinski definition) is 1. The average Bonchev–Trinajstić information content (AvgIpc) is 2.97. The second-order valence-electron chi connectivity index (χ2n) is 4.56. The van der Waals surface area contributed by atoms with Crippen molar-refractivity contribution in [2.45, 2.75) is 31.8 Å². The molecule has 0 spiro atoms. The summed E-state index contributed by atoms with van der Waals surface area (Å²) in [5, 5.41) is 3.59. The second kappa shape index (κ2) is 4.30. The summed E-state index contributed by atoms with van der Waals surface area (Å²) in [4.78, 5) is 0. The van der Waals surface area contributed by atoms with E-state index in [1.54, 1.807) is 0 Å². The molecular formula is C14H17NO. The minimum absolute atomic E-state index is 0.643. The molecule has 1 aliphatic carbocycles. The van der Waals surface area contributed by atoms with Crippen molar-refractivity contribution in [2.24, 2.45) is 0 Å². The number of rotatable bonds is 3. The topological polar surface area (TPSA) is 21.3 Å². The van der Waals surface area contributed by atoms with Gasteiger partial charge in [0.1, 0.15) is 5.75 Å². The molecule has 0 unspecified atom stereocenters. The summed E-state index contributed by atoms with van der Waals surface area (Å²) in [6.07, 6.45) is 7.93. The van der Waals surface area contributed by atoms with E-state index in [1.807, 2.05) is 0 Å². The molecule has 2 aliphatic rings. The lowest BCUT2D eigenvalue weighted by Crippen LogP contribution is -2.25. The van der Waals surface area contributed by atoms with Gasteiger partial charge in [-0.1, -0.05) is 24.3 Å². The van der Waals surface area contributed by atoms with Crippen molar-refractivity contribution < 1.29 is 4.74 Å². The first-order chi connectivity index (χ1) is 7.92.